The summed E-state index contributed by atoms with van der Waals surface area (Å²) in [4.78, 5) is 48.9. The Balaban J connectivity index is 1.52. The Morgan fingerprint density at radius 2 is 2.03 bits per heavy atom. The number of thiazole rings is 1. The van der Waals surface area contributed by atoms with Crippen LogP contribution in [0.1, 0.15) is 37.1 Å². The molecule has 1 aromatic heterocycles. The van der Waals surface area contributed by atoms with Gasteiger partial charge >= 0.3 is 0 Å². The minimum absolute atomic E-state index is 0.0408. The fourth-order valence-corrected chi connectivity index (χ4v) is 5.11. The van der Waals surface area contributed by atoms with Crippen LogP contribution in [0.5, 0.6) is 0 Å². The molecule has 2 aromatic rings. The Labute approximate surface area is 195 Å². The molecule has 1 N–H and O–H groups in total. The fourth-order valence-electron chi connectivity index (χ4n) is 4.30. The number of nitrogens with one attached hydrogen (secondary N) is 1. The Hall–Kier alpha value is -3.08. The zero-order valence-electron chi connectivity index (χ0n) is 18.7. The number of carbonyl (C=O) groups excluding carboxylic acids is 2. The third-order valence-corrected chi connectivity index (χ3v) is 6.86. The van der Waals surface area contributed by atoms with Gasteiger partial charge in [0.1, 0.15) is 6.04 Å². The second kappa shape index (κ2) is 10.2. The number of aromatic nitrogens is 1. The molecular weight excluding hydrogens is 444 g/mol. The molecule has 1 aromatic carbocycles. The number of nitrogens with zero attached hydrogens (tertiary/aromatic N) is 5. The van der Waals surface area contributed by atoms with Crippen molar-refractivity contribution in [3.63, 3.8) is 0 Å². The van der Waals surface area contributed by atoms with Crippen LogP contribution in [0.4, 0.5) is 5.69 Å². The molecule has 0 saturated carbocycles. The largest absolute Gasteiger partial charge is 0.341 e. The van der Waals surface area contributed by atoms with Crippen LogP contribution in [0, 0.1) is 17.0 Å². The van der Waals surface area contributed by atoms with E-state index in [9.17, 15) is 19.7 Å². The number of carbonyl (C=O) groups is 2. The highest BCUT2D eigenvalue weighted by Crippen LogP contribution is 2.25. The van der Waals surface area contributed by atoms with Gasteiger partial charge < -0.3 is 15.1 Å². The van der Waals surface area contributed by atoms with Crippen LogP contribution in [0.25, 0.3) is 10.2 Å². The van der Waals surface area contributed by atoms with Gasteiger partial charge in [0.2, 0.25) is 11.8 Å². The van der Waals surface area contributed by atoms with Crippen LogP contribution in [0.2, 0.25) is 0 Å². The number of aliphatic imine (C=N–C) groups is 1. The number of benzene rings is 1. The zero-order valence-corrected chi connectivity index (χ0v) is 19.5. The maximum atomic E-state index is 13.2. The van der Waals surface area contributed by atoms with E-state index in [1.807, 2.05) is 25.1 Å². The molecule has 2 fully saturated rings. The number of hydrogen-bond donors (Lipinski definition) is 1. The van der Waals surface area contributed by atoms with Gasteiger partial charge in [-0.1, -0.05) is 0 Å². The van der Waals surface area contributed by atoms with Crippen LogP contribution in [0.3, 0.4) is 0 Å². The van der Waals surface area contributed by atoms with E-state index in [-0.39, 0.29) is 24.2 Å². The summed E-state index contributed by atoms with van der Waals surface area (Å²) in [6.07, 6.45) is 4.04. The fraction of sp³-hybridized carbons (Fsp3) is 0.545. The summed E-state index contributed by atoms with van der Waals surface area (Å²) in [5.41, 5.74) is 1.44. The highest BCUT2D eigenvalue weighted by Gasteiger charge is 2.30. The first-order valence-corrected chi connectivity index (χ1v) is 12.1. The summed E-state index contributed by atoms with van der Waals surface area (Å²) >= 11 is 1.58. The number of rotatable bonds is 6. The summed E-state index contributed by atoms with van der Waals surface area (Å²) < 4.78 is 1.03. The quantitative estimate of drug-likeness (QED) is 0.299. The number of hydrogen-bond acceptors (Lipinski definition) is 7. The lowest BCUT2D eigenvalue weighted by molar-refractivity contribution is -0.463. The molecular formula is C22H28N6O4S. The van der Waals surface area contributed by atoms with E-state index < -0.39 is 17.5 Å². The van der Waals surface area contributed by atoms with Gasteiger partial charge in [-0.15, -0.1) is 11.3 Å². The van der Waals surface area contributed by atoms with E-state index in [0.29, 0.717) is 18.7 Å². The number of fused-ring (bicyclic) bond motifs is 1. The summed E-state index contributed by atoms with van der Waals surface area (Å²) in [6, 6.07) is 4.82. The van der Waals surface area contributed by atoms with Gasteiger partial charge in [0.15, 0.2) is 5.84 Å². The lowest BCUT2D eigenvalue weighted by Crippen LogP contribution is -2.45. The lowest BCUT2D eigenvalue weighted by Gasteiger charge is -2.25. The highest BCUT2D eigenvalue weighted by atomic mass is 32.1. The first kappa shape index (κ1) is 23.1. The topological polar surface area (TPSA) is 121 Å². The highest BCUT2D eigenvalue weighted by molar-refractivity contribution is 7.18. The van der Waals surface area contributed by atoms with E-state index in [1.54, 1.807) is 21.1 Å². The van der Waals surface area contributed by atoms with Gasteiger partial charge in [-0.25, -0.2) is 4.98 Å². The van der Waals surface area contributed by atoms with Crippen molar-refractivity contribution < 1.29 is 14.5 Å². The van der Waals surface area contributed by atoms with Gasteiger partial charge in [-0.05, 0) is 57.2 Å². The van der Waals surface area contributed by atoms with Gasteiger partial charge in [0, 0.05) is 30.2 Å². The number of anilines is 1. The summed E-state index contributed by atoms with van der Waals surface area (Å²) in [5, 5.41) is 15.3. The second-order valence-corrected chi connectivity index (χ2v) is 9.70. The lowest BCUT2D eigenvalue weighted by atomic mass is 10.1. The van der Waals surface area contributed by atoms with Crippen LogP contribution >= 0.6 is 11.3 Å². The molecule has 1 unspecified atom stereocenters. The molecule has 33 heavy (non-hydrogen) atoms. The molecule has 3 heterocycles. The molecule has 10 nitrogen and oxygen atoms in total. The van der Waals surface area contributed by atoms with Crippen LogP contribution in [0.15, 0.2) is 23.2 Å². The van der Waals surface area contributed by atoms with Gasteiger partial charge in [-0.2, -0.15) is 0 Å². The first-order valence-electron chi connectivity index (χ1n) is 11.3. The molecule has 2 aliphatic rings. The summed E-state index contributed by atoms with van der Waals surface area (Å²) in [7, 11) is 0. The van der Waals surface area contributed by atoms with E-state index in [1.165, 1.54) is 0 Å². The van der Waals surface area contributed by atoms with Crippen molar-refractivity contribution in [1.82, 2.24) is 14.8 Å². The first-order chi connectivity index (χ1) is 15.9. The van der Waals surface area contributed by atoms with E-state index in [2.05, 4.69) is 15.3 Å². The van der Waals surface area contributed by atoms with E-state index in [0.717, 1.165) is 54.0 Å². The second-order valence-electron chi connectivity index (χ2n) is 8.47. The van der Waals surface area contributed by atoms with Crippen molar-refractivity contribution in [2.75, 3.05) is 38.0 Å². The number of amides is 2. The predicted octanol–water partition coefficient (Wildman–Crippen LogP) is 2.70. The summed E-state index contributed by atoms with van der Waals surface area (Å²) in [5.74, 6) is -0.161. The Morgan fingerprint density at radius 3 is 2.79 bits per heavy atom. The molecule has 0 spiro atoms. The zero-order chi connectivity index (χ0) is 23.4. The van der Waals surface area contributed by atoms with Crippen LogP contribution in [-0.4, -0.2) is 76.1 Å². The molecule has 0 aliphatic carbocycles. The third kappa shape index (κ3) is 5.84. The average Bonchev–Trinajstić information content (AvgIpc) is 3.39. The van der Waals surface area contributed by atoms with Crippen molar-refractivity contribution >= 4 is 44.9 Å². The molecule has 4 rings (SSSR count). The number of aryl methyl sites for hydroxylation is 1. The summed E-state index contributed by atoms with van der Waals surface area (Å²) in [6.45, 7) is 3.43. The third-order valence-electron chi connectivity index (χ3n) is 5.91. The van der Waals surface area contributed by atoms with Crippen molar-refractivity contribution in [3.8, 4) is 0 Å². The molecule has 0 bridgehead atoms. The van der Waals surface area contributed by atoms with Crippen molar-refractivity contribution in [1.29, 1.82) is 0 Å². The SMILES string of the molecule is Cc1nc2cc(NC(C[N+](=O)[O-])=NC3CCCCN(CC(=O)N4CCCC4)C3=O)ccc2s1. The van der Waals surface area contributed by atoms with Crippen LogP contribution in [-0.2, 0) is 9.59 Å². The van der Waals surface area contributed by atoms with E-state index in [4.69, 9.17) is 0 Å². The van der Waals surface area contributed by atoms with Crippen LogP contribution < -0.4 is 5.32 Å². The Morgan fingerprint density at radius 1 is 1.27 bits per heavy atom. The van der Waals surface area contributed by atoms with Gasteiger partial charge in [-0.3, -0.25) is 24.7 Å². The molecule has 176 valence electrons. The molecule has 1 atom stereocenters. The number of likely N-dealkylation sites (tertiary alicyclic amines) is 2. The van der Waals surface area contributed by atoms with Gasteiger partial charge in [0.05, 0.1) is 21.8 Å². The number of amidine groups is 1. The predicted molar refractivity (Wildman–Crippen MR) is 127 cm³/mol. The van der Waals surface area contributed by atoms with Crippen molar-refractivity contribution in [2.24, 2.45) is 4.99 Å². The minimum atomic E-state index is -0.744. The molecule has 0 radical (unpaired) electrons. The standard InChI is InChI=1S/C22H28N6O4S/c1-15-23-18-12-16(7-8-19(18)33-15)24-20(13-28(31)32)25-17-6-2-3-11-27(22(17)30)14-21(29)26-9-4-5-10-26/h7-8,12,17H,2-6,9-11,13-14H2,1H3,(H,24,25). The van der Waals surface area contributed by atoms with E-state index >= 15 is 0 Å². The molecule has 11 heteroatoms. The normalized spacial score (nSPS) is 19.7. The minimum Gasteiger partial charge on any atom is -0.341 e. The van der Waals surface area contributed by atoms with Gasteiger partial charge in [0.25, 0.3) is 6.54 Å². The van der Waals surface area contributed by atoms with Crippen molar-refractivity contribution in [3.05, 3.63) is 33.3 Å². The monoisotopic (exact) mass is 472 g/mol. The maximum Gasteiger partial charge on any atom is 0.260 e. The molecule has 2 saturated heterocycles. The molecule has 2 amide bonds. The average molecular weight is 473 g/mol. The Bertz CT molecular complexity index is 1080. The number of nitro groups is 1. The van der Waals surface area contributed by atoms with Crippen molar-refractivity contribution in [2.45, 2.75) is 45.1 Å². The molecule has 2 aliphatic heterocycles. The Kier molecular flexibility index (Phi) is 7.17. The maximum absolute atomic E-state index is 13.2. The smallest absolute Gasteiger partial charge is 0.260 e.